The van der Waals surface area contributed by atoms with Crippen molar-refractivity contribution in [1.82, 2.24) is 0 Å². The van der Waals surface area contributed by atoms with Crippen LogP contribution in [0.3, 0.4) is 0 Å². The minimum absolute atomic E-state index is 0.0294. The Bertz CT molecular complexity index is 466. The lowest BCUT2D eigenvalue weighted by atomic mass is 10.2. The molecule has 1 unspecified atom stereocenters. The van der Waals surface area contributed by atoms with Crippen molar-refractivity contribution < 1.29 is 106 Å². The van der Waals surface area contributed by atoms with Crippen LogP contribution >= 0.6 is 0 Å². The van der Waals surface area contributed by atoms with Gasteiger partial charge in [-0.3, -0.25) is 0 Å². The Morgan fingerprint density at radius 2 is 0.568 bits per heavy atom. The van der Waals surface area contributed by atoms with Crippen LogP contribution in [0.25, 0.3) is 0 Å². The second-order valence-corrected chi connectivity index (χ2v) is 8.81. The maximum absolute atomic E-state index is 9.08. The highest BCUT2D eigenvalue weighted by atomic mass is 16.6. The highest BCUT2D eigenvalue weighted by Gasteiger charge is 2.23. The molecule has 0 bridgehead atoms. The highest BCUT2D eigenvalue weighted by Crippen LogP contribution is 2.08. The average molecular weight is 667 g/mol. The molecule has 0 saturated carbocycles. The van der Waals surface area contributed by atoms with Crippen molar-refractivity contribution in [3.63, 3.8) is 0 Å². The summed E-state index contributed by atoms with van der Waals surface area (Å²) in [6.07, 6.45) is -11.8. The Morgan fingerprint density at radius 3 is 0.727 bits per heavy atom. The molecule has 0 aromatic carbocycles. The van der Waals surface area contributed by atoms with Gasteiger partial charge in [0.2, 0.25) is 0 Å². The van der Waals surface area contributed by atoms with E-state index in [1.807, 2.05) is 0 Å². The van der Waals surface area contributed by atoms with Crippen LogP contribution in [0.15, 0.2) is 0 Å². The number of rotatable bonds is 18. The van der Waals surface area contributed by atoms with E-state index >= 15 is 0 Å². The fourth-order valence-corrected chi connectivity index (χ4v) is 1.69. The highest BCUT2D eigenvalue weighted by molar-refractivity contribution is 4.70. The van der Waals surface area contributed by atoms with Crippen molar-refractivity contribution >= 4 is 0 Å². The summed E-state index contributed by atoms with van der Waals surface area (Å²) in [5.41, 5.74) is 0. The van der Waals surface area contributed by atoms with Crippen LogP contribution in [0.1, 0.15) is 0 Å². The number of epoxide rings is 1. The van der Waals surface area contributed by atoms with Gasteiger partial charge in [-0.2, -0.15) is 0 Å². The number of hydrogen-bond acceptors (Lipinski definition) is 21. The molecular weight excluding hydrogens is 612 g/mol. The van der Waals surface area contributed by atoms with E-state index in [2.05, 4.69) is 0 Å². The van der Waals surface area contributed by atoms with Crippen LogP contribution in [0.4, 0.5) is 0 Å². The zero-order valence-corrected chi connectivity index (χ0v) is 24.1. The van der Waals surface area contributed by atoms with E-state index in [-0.39, 0.29) is 12.7 Å². The van der Waals surface area contributed by atoms with E-state index in [0.717, 1.165) is 0 Å². The largest absolute Gasteiger partial charge is 0.394 e. The predicted molar refractivity (Wildman–Crippen MR) is 144 cm³/mol. The molecule has 11 atom stereocenters. The topological polar surface area (TPSA) is 406 Å². The van der Waals surface area contributed by atoms with Crippen molar-refractivity contribution in [2.75, 3.05) is 79.3 Å². The van der Waals surface area contributed by atoms with E-state index in [4.69, 9.17) is 106 Å². The third-order valence-corrected chi connectivity index (χ3v) is 4.90. The quantitative estimate of drug-likeness (QED) is 0.0603. The molecule has 21 heteroatoms. The molecule has 272 valence electrons. The zero-order valence-electron chi connectivity index (χ0n) is 24.1. The molecule has 0 aliphatic carbocycles. The van der Waals surface area contributed by atoms with Crippen molar-refractivity contribution in [2.24, 2.45) is 0 Å². The van der Waals surface area contributed by atoms with E-state index in [9.17, 15) is 0 Å². The molecule has 1 aliphatic heterocycles. The van der Waals surface area contributed by atoms with Crippen LogP contribution < -0.4 is 0 Å². The van der Waals surface area contributed by atoms with E-state index in [1.54, 1.807) is 0 Å². The van der Waals surface area contributed by atoms with Crippen LogP contribution in [0.5, 0.6) is 0 Å². The SMILES string of the molecule is OC[C@@H](O)[C@@H](O)CO.OC[C@@H](O)[C@@H](O)CO.OC[C@@H](O)[C@@H](O)CO.OC[C@@H](O)[C@@H](O)CO.OC[C@@H](O)[C@@H](O)COCC1CO1. The summed E-state index contributed by atoms with van der Waals surface area (Å²) >= 11 is 0. The molecule has 0 aromatic heterocycles. The van der Waals surface area contributed by atoms with Gasteiger partial charge in [0.1, 0.15) is 67.1 Å². The third kappa shape index (κ3) is 31.2. The maximum Gasteiger partial charge on any atom is 0.105 e. The minimum atomic E-state index is -1.22. The van der Waals surface area contributed by atoms with Gasteiger partial charge in [-0.25, -0.2) is 0 Å². The third-order valence-electron chi connectivity index (χ3n) is 4.90. The standard InChI is InChI=1S/C7H14O5.4C4H10O4/c8-1-6(9)7(10)4-11-2-5-3-12-5;4*5-1-3(7)4(8)2-6/h5-10H,1-4H2;4*3-8H,1-2H2/t5?,6-,7+;4*3-,4+/m1..../s1. The second-order valence-electron chi connectivity index (χ2n) is 8.81. The van der Waals surface area contributed by atoms with Gasteiger partial charge in [-0.15, -0.1) is 0 Å². The molecule has 1 heterocycles. The van der Waals surface area contributed by atoms with Crippen LogP contribution in [0, 0.1) is 0 Å². The number of hydrogen-bond donors (Lipinski definition) is 19. The molecule has 21 nitrogen and oxygen atoms in total. The van der Waals surface area contributed by atoms with Crippen molar-refractivity contribution in [1.29, 1.82) is 0 Å². The van der Waals surface area contributed by atoms with Crippen LogP contribution in [-0.4, -0.2) is 243 Å². The zero-order chi connectivity index (χ0) is 35.3. The first kappa shape index (κ1) is 50.0. The molecule has 1 rings (SSSR count). The number of ether oxygens (including phenoxy) is 2. The summed E-state index contributed by atoms with van der Waals surface area (Å²) in [7, 11) is 0. The molecule has 0 aromatic rings. The van der Waals surface area contributed by atoms with Gasteiger partial charge in [-0.05, 0) is 0 Å². The van der Waals surface area contributed by atoms with E-state index in [0.29, 0.717) is 13.2 Å². The minimum Gasteiger partial charge on any atom is -0.394 e. The molecular formula is C23H54O21. The molecule has 1 fully saturated rings. The molecule has 19 N–H and O–H groups in total. The van der Waals surface area contributed by atoms with Gasteiger partial charge >= 0.3 is 0 Å². The Morgan fingerprint density at radius 1 is 0.386 bits per heavy atom. The molecule has 1 aliphatic rings. The maximum atomic E-state index is 9.08. The summed E-state index contributed by atoms with van der Waals surface area (Å²) in [6.45, 7) is -3.49. The fraction of sp³-hybridized carbons (Fsp3) is 1.00. The van der Waals surface area contributed by atoms with E-state index in [1.165, 1.54) is 0 Å². The first-order valence-electron chi connectivity index (χ1n) is 13.1. The van der Waals surface area contributed by atoms with Gasteiger partial charge in [0, 0.05) is 0 Å². The Hall–Kier alpha value is -0.840. The fourth-order valence-electron chi connectivity index (χ4n) is 1.69. The number of aliphatic hydroxyl groups is 19. The lowest BCUT2D eigenvalue weighted by Crippen LogP contribution is -2.33. The summed E-state index contributed by atoms with van der Waals surface area (Å²) in [5, 5.41) is 159. The van der Waals surface area contributed by atoms with Gasteiger partial charge in [-0.1, -0.05) is 0 Å². The Labute approximate surface area is 253 Å². The molecule has 44 heavy (non-hydrogen) atoms. The van der Waals surface area contributed by atoms with Crippen molar-refractivity contribution in [2.45, 2.75) is 67.1 Å². The monoisotopic (exact) mass is 666 g/mol. The van der Waals surface area contributed by atoms with Crippen molar-refractivity contribution in [3.8, 4) is 0 Å². The summed E-state index contributed by atoms with van der Waals surface area (Å²) in [6, 6.07) is 0. The summed E-state index contributed by atoms with van der Waals surface area (Å²) in [4.78, 5) is 0. The second kappa shape index (κ2) is 33.5. The number of aliphatic hydroxyl groups excluding tert-OH is 19. The lowest BCUT2D eigenvalue weighted by molar-refractivity contribution is -0.0583. The molecule has 1 saturated heterocycles. The predicted octanol–water partition coefficient (Wildman–Crippen LogP) is -11.1. The summed E-state index contributed by atoms with van der Waals surface area (Å²) in [5.74, 6) is 0. The Balaban J connectivity index is -0.000000231. The molecule has 0 amide bonds. The van der Waals surface area contributed by atoms with Gasteiger partial charge in [0.15, 0.2) is 0 Å². The van der Waals surface area contributed by atoms with Gasteiger partial charge in [0.05, 0.1) is 79.3 Å². The smallest absolute Gasteiger partial charge is 0.105 e. The Kier molecular flexibility index (Phi) is 38.1. The summed E-state index contributed by atoms with van der Waals surface area (Å²) < 4.78 is 9.85. The molecule has 0 radical (unpaired) electrons. The molecule has 0 spiro atoms. The van der Waals surface area contributed by atoms with Crippen molar-refractivity contribution in [3.05, 3.63) is 0 Å². The van der Waals surface area contributed by atoms with E-state index < -0.39 is 121 Å². The van der Waals surface area contributed by atoms with Gasteiger partial charge < -0.3 is 106 Å². The van der Waals surface area contributed by atoms with Crippen LogP contribution in [0.2, 0.25) is 0 Å². The normalized spacial score (nSPS) is 20.4. The lowest BCUT2D eigenvalue weighted by Gasteiger charge is -2.14. The first-order valence-corrected chi connectivity index (χ1v) is 13.1. The van der Waals surface area contributed by atoms with Crippen LogP contribution in [-0.2, 0) is 9.47 Å². The average Bonchev–Trinajstić information content (AvgIpc) is 3.90. The van der Waals surface area contributed by atoms with Gasteiger partial charge in [0.25, 0.3) is 0 Å². The first-order chi connectivity index (χ1) is 20.6.